The van der Waals surface area contributed by atoms with Crippen molar-refractivity contribution < 1.29 is 4.92 Å². The largest absolute Gasteiger partial charge is 0.382 e. The summed E-state index contributed by atoms with van der Waals surface area (Å²) in [7, 11) is 0. The van der Waals surface area contributed by atoms with Crippen LogP contribution in [-0.2, 0) is 0 Å². The highest BCUT2D eigenvalue weighted by molar-refractivity contribution is 5.99. The van der Waals surface area contributed by atoms with Gasteiger partial charge in [-0.15, -0.1) is 0 Å². The number of nitro groups is 1. The van der Waals surface area contributed by atoms with Crippen LogP contribution in [0.25, 0.3) is 10.8 Å². The maximum atomic E-state index is 11.1. The van der Waals surface area contributed by atoms with E-state index in [0.29, 0.717) is 17.3 Å². The van der Waals surface area contributed by atoms with Crippen molar-refractivity contribution in [1.82, 2.24) is 4.98 Å². The number of nitrogens with one attached hydrogen (secondary N) is 1. The molecule has 112 valence electrons. The van der Waals surface area contributed by atoms with Gasteiger partial charge in [0.05, 0.1) is 10.3 Å². The lowest BCUT2D eigenvalue weighted by molar-refractivity contribution is -0.383. The lowest BCUT2D eigenvalue weighted by Gasteiger charge is -2.17. The van der Waals surface area contributed by atoms with Crippen LogP contribution in [0.5, 0.6) is 0 Å². The second-order valence-electron chi connectivity index (χ2n) is 5.83. The molecule has 0 amide bonds. The number of nitro benzene ring substituents is 1. The molecule has 1 aromatic heterocycles. The van der Waals surface area contributed by atoms with Crippen molar-refractivity contribution in [1.29, 1.82) is 0 Å². The van der Waals surface area contributed by atoms with Crippen LogP contribution in [0.1, 0.15) is 33.6 Å². The number of benzene rings is 1. The van der Waals surface area contributed by atoms with Gasteiger partial charge in [0.2, 0.25) is 0 Å². The fourth-order valence-corrected chi connectivity index (χ4v) is 2.38. The molecule has 1 unspecified atom stereocenters. The number of nitrogens with zero attached hydrogens (tertiary/aromatic N) is 2. The van der Waals surface area contributed by atoms with Gasteiger partial charge in [-0.05, 0) is 37.8 Å². The van der Waals surface area contributed by atoms with Crippen molar-refractivity contribution >= 4 is 22.1 Å². The van der Waals surface area contributed by atoms with Crippen molar-refractivity contribution in [3.63, 3.8) is 0 Å². The zero-order valence-electron chi connectivity index (χ0n) is 12.7. The molecule has 0 aliphatic rings. The van der Waals surface area contributed by atoms with Crippen molar-refractivity contribution in [3.8, 4) is 0 Å². The van der Waals surface area contributed by atoms with Crippen molar-refractivity contribution in [2.75, 3.05) is 5.32 Å². The molecule has 0 aliphatic heterocycles. The number of aromatic nitrogens is 1. The van der Waals surface area contributed by atoms with Gasteiger partial charge in [-0.25, -0.2) is 0 Å². The van der Waals surface area contributed by atoms with Crippen LogP contribution in [0.3, 0.4) is 0 Å². The van der Waals surface area contributed by atoms with Crippen LogP contribution in [0, 0.1) is 16.0 Å². The lowest BCUT2D eigenvalue weighted by Crippen LogP contribution is -2.16. The van der Waals surface area contributed by atoms with Crippen LogP contribution >= 0.6 is 0 Å². The van der Waals surface area contributed by atoms with E-state index in [0.717, 1.165) is 23.9 Å². The molecule has 2 rings (SSSR count). The first kappa shape index (κ1) is 15.2. The van der Waals surface area contributed by atoms with Crippen LogP contribution in [0.2, 0.25) is 0 Å². The molecular formula is C16H21N3O2. The average molecular weight is 287 g/mol. The highest BCUT2D eigenvalue weighted by Gasteiger charge is 2.15. The molecule has 2 aromatic rings. The smallest absolute Gasteiger partial charge is 0.277 e. The summed E-state index contributed by atoms with van der Waals surface area (Å²) in [6.45, 7) is 6.54. The van der Waals surface area contributed by atoms with Crippen LogP contribution < -0.4 is 5.32 Å². The van der Waals surface area contributed by atoms with Gasteiger partial charge in [0.1, 0.15) is 0 Å². The van der Waals surface area contributed by atoms with E-state index in [1.54, 1.807) is 30.6 Å². The third-order valence-electron chi connectivity index (χ3n) is 3.57. The van der Waals surface area contributed by atoms with Crippen LogP contribution in [0.15, 0.2) is 30.6 Å². The summed E-state index contributed by atoms with van der Waals surface area (Å²) in [4.78, 5) is 14.8. The van der Waals surface area contributed by atoms with Crippen LogP contribution in [-0.4, -0.2) is 15.9 Å². The normalized spacial score (nSPS) is 12.6. The summed E-state index contributed by atoms with van der Waals surface area (Å²) in [5.74, 6) is 0.671. The van der Waals surface area contributed by atoms with E-state index in [2.05, 4.69) is 31.1 Å². The second kappa shape index (κ2) is 6.52. The Kier molecular flexibility index (Phi) is 4.73. The van der Waals surface area contributed by atoms with Gasteiger partial charge >= 0.3 is 0 Å². The monoisotopic (exact) mass is 287 g/mol. The number of anilines is 1. The van der Waals surface area contributed by atoms with E-state index in [1.807, 2.05) is 0 Å². The summed E-state index contributed by atoms with van der Waals surface area (Å²) in [6, 6.07) is 5.34. The van der Waals surface area contributed by atoms with E-state index in [1.165, 1.54) is 0 Å². The number of non-ortho nitro benzene ring substituents is 1. The van der Waals surface area contributed by atoms with Crippen molar-refractivity contribution in [2.24, 2.45) is 5.92 Å². The molecular weight excluding hydrogens is 266 g/mol. The number of fused-ring (bicyclic) bond motifs is 1. The van der Waals surface area contributed by atoms with Gasteiger partial charge in [0.25, 0.3) is 5.69 Å². The Bertz CT molecular complexity index is 640. The standard InChI is InChI=1S/C16H21N3O2/c1-11(2)4-5-12(3)18-15-6-7-16(19(20)21)13-8-9-17-10-14(13)15/h6-12,18H,4-5H2,1-3H3. The fourth-order valence-electron chi connectivity index (χ4n) is 2.38. The minimum absolute atomic E-state index is 0.118. The van der Waals surface area contributed by atoms with Gasteiger partial charge in [-0.2, -0.15) is 0 Å². The van der Waals surface area contributed by atoms with E-state index < -0.39 is 0 Å². The molecule has 5 nitrogen and oxygen atoms in total. The highest BCUT2D eigenvalue weighted by Crippen LogP contribution is 2.31. The van der Waals surface area contributed by atoms with Crippen LogP contribution in [0.4, 0.5) is 11.4 Å². The summed E-state index contributed by atoms with van der Waals surface area (Å²) in [5, 5.41) is 16.0. The molecule has 0 spiro atoms. The van der Waals surface area contributed by atoms with E-state index in [-0.39, 0.29) is 10.6 Å². The number of pyridine rings is 1. The second-order valence-corrected chi connectivity index (χ2v) is 5.83. The first-order valence-corrected chi connectivity index (χ1v) is 7.26. The van der Waals surface area contributed by atoms with Gasteiger partial charge in [-0.1, -0.05) is 13.8 Å². The van der Waals surface area contributed by atoms with Crippen molar-refractivity contribution in [2.45, 2.75) is 39.7 Å². The molecule has 0 saturated carbocycles. The molecule has 1 heterocycles. The zero-order chi connectivity index (χ0) is 15.4. The topological polar surface area (TPSA) is 68.1 Å². The quantitative estimate of drug-likeness (QED) is 0.632. The Morgan fingerprint density at radius 1 is 1.19 bits per heavy atom. The molecule has 0 saturated heterocycles. The van der Waals surface area contributed by atoms with E-state index >= 15 is 0 Å². The predicted octanol–water partition coefficient (Wildman–Crippen LogP) is 4.38. The van der Waals surface area contributed by atoms with E-state index in [4.69, 9.17) is 0 Å². The Morgan fingerprint density at radius 3 is 2.62 bits per heavy atom. The lowest BCUT2D eigenvalue weighted by atomic mass is 10.0. The minimum atomic E-state index is -0.353. The first-order chi connectivity index (χ1) is 9.99. The predicted molar refractivity (Wildman–Crippen MR) is 85.6 cm³/mol. The third-order valence-corrected chi connectivity index (χ3v) is 3.57. The minimum Gasteiger partial charge on any atom is -0.382 e. The SMILES string of the molecule is CC(C)CCC(C)Nc1ccc([N+](=O)[O-])c2ccncc12. The Labute approximate surface area is 124 Å². The molecule has 1 aromatic carbocycles. The zero-order valence-corrected chi connectivity index (χ0v) is 12.7. The summed E-state index contributed by atoms with van der Waals surface area (Å²) >= 11 is 0. The third kappa shape index (κ3) is 3.68. The number of hydrogen-bond acceptors (Lipinski definition) is 4. The maximum Gasteiger partial charge on any atom is 0.277 e. The van der Waals surface area contributed by atoms with Gasteiger partial charge < -0.3 is 5.32 Å². The van der Waals surface area contributed by atoms with Gasteiger partial charge in [0.15, 0.2) is 0 Å². The molecule has 21 heavy (non-hydrogen) atoms. The number of rotatable bonds is 6. The fraction of sp³-hybridized carbons (Fsp3) is 0.438. The first-order valence-electron chi connectivity index (χ1n) is 7.26. The summed E-state index contributed by atoms with van der Waals surface area (Å²) < 4.78 is 0. The molecule has 0 aliphatic carbocycles. The molecule has 0 bridgehead atoms. The highest BCUT2D eigenvalue weighted by atomic mass is 16.6. The Morgan fingerprint density at radius 2 is 1.95 bits per heavy atom. The number of hydrogen-bond donors (Lipinski definition) is 1. The molecule has 0 fully saturated rings. The van der Waals surface area contributed by atoms with Gasteiger partial charge in [-0.3, -0.25) is 15.1 Å². The Hall–Kier alpha value is -2.17. The average Bonchev–Trinajstić information content (AvgIpc) is 2.45. The molecule has 0 radical (unpaired) electrons. The molecule has 1 atom stereocenters. The summed E-state index contributed by atoms with van der Waals surface area (Å²) in [5.41, 5.74) is 1.02. The van der Waals surface area contributed by atoms with Gasteiger partial charge in [0, 0.05) is 35.6 Å². The summed E-state index contributed by atoms with van der Waals surface area (Å²) in [6.07, 6.45) is 5.48. The van der Waals surface area contributed by atoms with Crippen molar-refractivity contribution in [3.05, 3.63) is 40.7 Å². The Balaban J connectivity index is 2.29. The van der Waals surface area contributed by atoms with E-state index in [9.17, 15) is 10.1 Å². The molecule has 5 heteroatoms. The maximum absolute atomic E-state index is 11.1. The molecule has 1 N–H and O–H groups in total.